The van der Waals surface area contributed by atoms with E-state index in [0.29, 0.717) is 17.8 Å². The number of carbonyl (C=O) groups is 1. The maximum Gasteiger partial charge on any atom is 0.177 e. The molecule has 0 aromatic heterocycles. The molecule has 0 aliphatic heterocycles. The molecule has 128 valence electrons. The molecule has 0 heterocycles. The Kier molecular flexibility index (Phi) is 5.98. The Morgan fingerprint density at radius 2 is 1.67 bits per heavy atom. The van der Waals surface area contributed by atoms with Gasteiger partial charge in [-0.25, -0.2) is 8.42 Å². The van der Waals surface area contributed by atoms with E-state index in [1.54, 1.807) is 12.1 Å². The molecule has 0 atom stereocenters. The van der Waals surface area contributed by atoms with E-state index in [2.05, 4.69) is 10.6 Å². The highest BCUT2D eigenvalue weighted by molar-refractivity contribution is 7.90. The quantitative estimate of drug-likeness (QED) is 0.567. The summed E-state index contributed by atoms with van der Waals surface area (Å²) < 4.78 is 23.7. The summed E-state index contributed by atoms with van der Waals surface area (Å²) in [4.78, 5) is 11.7. The summed E-state index contributed by atoms with van der Waals surface area (Å²) in [6.45, 7) is 2.82. The minimum absolute atomic E-state index is 0.0937. The molecule has 2 aromatic carbocycles. The van der Waals surface area contributed by atoms with Crippen molar-refractivity contribution in [2.75, 3.05) is 30.0 Å². The van der Waals surface area contributed by atoms with Crippen molar-refractivity contribution < 1.29 is 13.2 Å². The topological polar surface area (TPSA) is 75.3 Å². The van der Waals surface area contributed by atoms with Crippen LogP contribution in [0.3, 0.4) is 0 Å². The monoisotopic (exact) mass is 346 g/mol. The van der Waals surface area contributed by atoms with Gasteiger partial charge in [0, 0.05) is 30.6 Å². The molecule has 2 N–H and O–H groups in total. The van der Waals surface area contributed by atoms with E-state index >= 15 is 0 Å². The molecule has 0 bridgehead atoms. The SMILES string of the molecule is CC(=O)c1ccc(S(C)(=O)=O)c(NCCCNc2ccccc2)c1. The van der Waals surface area contributed by atoms with Crippen LogP contribution < -0.4 is 10.6 Å². The first-order valence-corrected chi connectivity index (χ1v) is 9.65. The minimum atomic E-state index is -3.35. The van der Waals surface area contributed by atoms with Crippen molar-refractivity contribution in [3.63, 3.8) is 0 Å². The lowest BCUT2D eigenvalue weighted by Gasteiger charge is -2.13. The van der Waals surface area contributed by atoms with Gasteiger partial charge in [0.1, 0.15) is 0 Å². The zero-order valence-corrected chi connectivity index (χ0v) is 14.7. The van der Waals surface area contributed by atoms with Gasteiger partial charge in [-0.1, -0.05) is 18.2 Å². The van der Waals surface area contributed by atoms with Crippen LogP contribution in [0.15, 0.2) is 53.4 Å². The first-order valence-electron chi connectivity index (χ1n) is 7.76. The van der Waals surface area contributed by atoms with Crippen molar-refractivity contribution in [3.05, 3.63) is 54.1 Å². The standard InChI is InChI=1S/C18H22N2O3S/c1-14(21)15-9-10-18(24(2,22)23)17(13-15)20-12-6-11-19-16-7-4-3-5-8-16/h3-5,7-10,13,19-20H,6,11-12H2,1-2H3. The first-order chi connectivity index (χ1) is 11.4. The number of anilines is 2. The highest BCUT2D eigenvalue weighted by Gasteiger charge is 2.14. The molecule has 0 radical (unpaired) electrons. The first kappa shape index (κ1) is 18.0. The van der Waals surface area contributed by atoms with Gasteiger partial charge in [0.15, 0.2) is 15.6 Å². The summed E-state index contributed by atoms with van der Waals surface area (Å²) in [7, 11) is -3.35. The summed E-state index contributed by atoms with van der Waals surface area (Å²) in [6.07, 6.45) is 1.97. The molecule has 0 saturated heterocycles. The van der Waals surface area contributed by atoms with Crippen molar-refractivity contribution in [3.8, 4) is 0 Å². The van der Waals surface area contributed by atoms with Gasteiger partial charge in [0.25, 0.3) is 0 Å². The number of benzene rings is 2. The molecule has 5 nitrogen and oxygen atoms in total. The van der Waals surface area contributed by atoms with Crippen LogP contribution in [-0.2, 0) is 9.84 Å². The summed E-state index contributed by atoms with van der Waals surface area (Å²) in [5, 5.41) is 6.42. The third kappa shape index (κ3) is 5.09. The normalized spacial score (nSPS) is 11.1. The summed E-state index contributed by atoms with van der Waals surface area (Å²) in [5.41, 5.74) is 2.02. The summed E-state index contributed by atoms with van der Waals surface area (Å²) in [6, 6.07) is 14.5. The van der Waals surface area contributed by atoms with Crippen LogP contribution in [0.1, 0.15) is 23.7 Å². The van der Waals surface area contributed by atoms with Gasteiger partial charge in [-0.3, -0.25) is 4.79 Å². The Bertz CT molecular complexity index is 802. The van der Waals surface area contributed by atoms with Crippen LogP contribution in [0.25, 0.3) is 0 Å². The highest BCUT2D eigenvalue weighted by atomic mass is 32.2. The molecular weight excluding hydrogens is 324 g/mol. The van der Waals surface area contributed by atoms with E-state index < -0.39 is 9.84 Å². The van der Waals surface area contributed by atoms with Gasteiger partial charge in [-0.15, -0.1) is 0 Å². The molecule has 0 spiro atoms. The van der Waals surface area contributed by atoms with Crippen molar-refractivity contribution in [2.45, 2.75) is 18.2 Å². The molecule has 0 saturated carbocycles. The predicted molar refractivity (Wildman–Crippen MR) is 97.6 cm³/mol. The average molecular weight is 346 g/mol. The maximum atomic E-state index is 11.9. The third-order valence-electron chi connectivity index (χ3n) is 3.56. The highest BCUT2D eigenvalue weighted by Crippen LogP contribution is 2.23. The number of para-hydroxylation sites is 1. The van der Waals surface area contributed by atoms with Crippen LogP contribution in [0.2, 0.25) is 0 Å². The summed E-state index contributed by atoms with van der Waals surface area (Å²) >= 11 is 0. The Morgan fingerprint density at radius 3 is 2.29 bits per heavy atom. The van der Waals surface area contributed by atoms with Crippen LogP contribution in [0.5, 0.6) is 0 Å². The Balaban J connectivity index is 1.97. The second-order valence-electron chi connectivity index (χ2n) is 5.61. The van der Waals surface area contributed by atoms with Crippen molar-refractivity contribution >= 4 is 27.0 Å². The van der Waals surface area contributed by atoms with E-state index in [0.717, 1.165) is 24.9 Å². The summed E-state index contributed by atoms with van der Waals surface area (Å²) in [5.74, 6) is -0.0937. The smallest absolute Gasteiger partial charge is 0.177 e. The maximum absolute atomic E-state index is 11.9. The second-order valence-corrected chi connectivity index (χ2v) is 7.60. The zero-order chi connectivity index (χ0) is 17.6. The van der Waals surface area contributed by atoms with E-state index in [9.17, 15) is 13.2 Å². The van der Waals surface area contributed by atoms with Crippen LogP contribution >= 0.6 is 0 Å². The van der Waals surface area contributed by atoms with Gasteiger partial charge in [0.2, 0.25) is 0 Å². The van der Waals surface area contributed by atoms with E-state index in [1.165, 1.54) is 13.0 Å². The number of Topliss-reactive ketones (excluding diaryl/α,β-unsaturated/α-hetero) is 1. The molecular formula is C18H22N2O3S. The van der Waals surface area contributed by atoms with Gasteiger partial charge in [-0.05, 0) is 43.7 Å². The molecule has 0 aliphatic rings. The number of carbonyl (C=O) groups excluding carboxylic acids is 1. The van der Waals surface area contributed by atoms with Crippen LogP contribution in [-0.4, -0.2) is 33.5 Å². The van der Waals surface area contributed by atoms with E-state index in [4.69, 9.17) is 0 Å². The second kappa shape index (κ2) is 7.97. The van der Waals surface area contributed by atoms with Crippen LogP contribution in [0, 0.1) is 0 Å². The van der Waals surface area contributed by atoms with Gasteiger partial charge < -0.3 is 10.6 Å². The zero-order valence-electron chi connectivity index (χ0n) is 13.9. The molecule has 24 heavy (non-hydrogen) atoms. The molecule has 0 unspecified atom stereocenters. The molecule has 2 rings (SSSR count). The molecule has 6 heteroatoms. The van der Waals surface area contributed by atoms with E-state index in [1.807, 2.05) is 30.3 Å². The van der Waals surface area contributed by atoms with Gasteiger partial charge in [-0.2, -0.15) is 0 Å². The lowest BCUT2D eigenvalue weighted by atomic mass is 10.1. The Hall–Kier alpha value is -2.34. The fourth-order valence-corrected chi connectivity index (χ4v) is 3.16. The molecule has 0 aliphatic carbocycles. The van der Waals surface area contributed by atoms with Crippen molar-refractivity contribution in [1.29, 1.82) is 0 Å². The molecule has 0 fully saturated rings. The largest absolute Gasteiger partial charge is 0.385 e. The lowest BCUT2D eigenvalue weighted by Crippen LogP contribution is -2.12. The molecule has 2 aromatic rings. The third-order valence-corrected chi connectivity index (χ3v) is 4.71. The van der Waals surface area contributed by atoms with Gasteiger partial charge in [0.05, 0.1) is 10.6 Å². The predicted octanol–water partition coefficient (Wildman–Crippen LogP) is 3.21. The fraction of sp³-hybridized carbons (Fsp3) is 0.278. The minimum Gasteiger partial charge on any atom is -0.385 e. The van der Waals surface area contributed by atoms with Crippen molar-refractivity contribution in [1.82, 2.24) is 0 Å². The Morgan fingerprint density at radius 1 is 1.00 bits per heavy atom. The van der Waals surface area contributed by atoms with E-state index in [-0.39, 0.29) is 10.7 Å². The van der Waals surface area contributed by atoms with Crippen molar-refractivity contribution in [2.24, 2.45) is 0 Å². The lowest BCUT2D eigenvalue weighted by molar-refractivity contribution is 0.101. The number of rotatable bonds is 8. The average Bonchev–Trinajstić information content (AvgIpc) is 2.54. The number of hydrogen-bond donors (Lipinski definition) is 2. The number of sulfone groups is 1. The fourth-order valence-electron chi connectivity index (χ4n) is 2.31. The number of nitrogens with one attached hydrogen (secondary N) is 2. The number of ketones is 1. The van der Waals surface area contributed by atoms with Gasteiger partial charge >= 0.3 is 0 Å². The molecule has 0 amide bonds. The Labute approximate surface area is 143 Å². The number of hydrogen-bond acceptors (Lipinski definition) is 5. The van der Waals surface area contributed by atoms with Crippen LogP contribution in [0.4, 0.5) is 11.4 Å².